The van der Waals surface area contributed by atoms with Crippen molar-refractivity contribution in [2.24, 2.45) is 0 Å². The summed E-state index contributed by atoms with van der Waals surface area (Å²) < 4.78 is 12.9. The second-order valence-electron chi connectivity index (χ2n) is 2.20. The van der Waals surface area contributed by atoms with Crippen molar-refractivity contribution in [1.29, 1.82) is 0 Å². The maximum Gasteiger partial charge on any atom is 0.272 e. The molecule has 0 atom stereocenters. The molecule has 0 saturated heterocycles. The van der Waals surface area contributed by atoms with Gasteiger partial charge in [0.2, 0.25) is 6.41 Å². The lowest BCUT2D eigenvalue weighted by Gasteiger charge is -2.02. The van der Waals surface area contributed by atoms with Gasteiger partial charge >= 0.3 is 0 Å². The van der Waals surface area contributed by atoms with Crippen molar-refractivity contribution in [2.45, 2.75) is 0 Å². The molecule has 2 amide bonds. The first kappa shape index (κ1) is 9.18. The molecule has 4 nitrogen and oxygen atoms in total. The molecule has 0 bridgehead atoms. The molecule has 0 saturated carbocycles. The Hall–Kier alpha value is -1.91. The van der Waals surface area contributed by atoms with E-state index in [1.54, 1.807) is 0 Å². The van der Waals surface area contributed by atoms with Crippen LogP contribution >= 0.6 is 0 Å². The molecule has 13 heavy (non-hydrogen) atoms. The molecule has 1 rings (SSSR count). The first-order chi connectivity index (χ1) is 6.25. The third-order valence-corrected chi connectivity index (χ3v) is 1.36. The van der Waals surface area contributed by atoms with Gasteiger partial charge in [0.05, 0.1) is 5.56 Å². The van der Waals surface area contributed by atoms with Crippen molar-refractivity contribution in [3.05, 3.63) is 35.6 Å². The Labute approximate surface area is 73.7 Å². The molecule has 0 fully saturated rings. The van der Waals surface area contributed by atoms with Gasteiger partial charge in [-0.15, -0.1) is 0 Å². The number of carbonyl (C=O) groups is 2. The van der Waals surface area contributed by atoms with Crippen LogP contribution in [0.1, 0.15) is 10.4 Å². The van der Waals surface area contributed by atoms with Crippen molar-refractivity contribution in [3.8, 4) is 0 Å². The zero-order valence-electron chi connectivity index (χ0n) is 6.58. The average molecular weight is 182 g/mol. The van der Waals surface area contributed by atoms with Gasteiger partial charge in [-0.1, -0.05) is 12.1 Å². The van der Waals surface area contributed by atoms with Crippen LogP contribution in [-0.4, -0.2) is 12.3 Å². The summed E-state index contributed by atoms with van der Waals surface area (Å²) in [6, 6.07) is 5.48. The van der Waals surface area contributed by atoms with E-state index in [0.29, 0.717) is 6.41 Å². The van der Waals surface area contributed by atoms with Crippen LogP contribution in [0.5, 0.6) is 0 Å². The Morgan fingerprint density at radius 3 is 2.69 bits per heavy atom. The van der Waals surface area contributed by atoms with E-state index in [-0.39, 0.29) is 5.56 Å². The molecule has 0 heterocycles. The van der Waals surface area contributed by atoms with Crippen molar-refractivity contribution in [3.63, 3.8) is 0 Å². The summed E-state index contributed by atoms with van der Waals surface area (Å²) in [4.78, 5) is 20.9. The fraction of sp³-hybridized carbons (Fsp3) is 0. The predicted molar refractivity (Wildman–Crippen MR) is 43.1 cm³/mol. The maximum atomic E-state index is 12.9. The van der Waals surface area contributed by atoms with Crippen molar-refractivity contribution >= 4 is 12.3 Å². The SMILES string of the molecule is O=CNNC(=O)c1ccccc1F. The number of rotatable bonds is 3. The highest BCUT2D eigenvalue weighted by Gasteiger charge is 2.08. The number of halogens is 1. The van der Waals surface area contributed by atoms with Crippen LogP contribution in [-0.2, 0) is 4.79 Å². The van der Waals surface area contributed by atoms with E-state index in [9.17, 15) is 14.0 Å². The van der Waals surface area contributed by atoms with Gasteiger partial charge in [-0.25, -0.2) is 4.39 Å². The molecule has 0 aliphatic heterocycles. The second-order valence-corrected chi connectivity index (χ2v) is 2.20. The number of benzene rings is 1. The molecule has 0 radical (unpaired) electrons. The molecule has 0 aliphatic carbocycles. The number of hydrogen-bond donors (Lipinski definition) is 2. The molecule has 5 heteroatoms. The van der Waals surface area contributed by atoms with Crippen LogP contribution in [0.15, 0.2) is 24.3 Å². The quantitative estimate of drug-likeness (QED) is 0.518. The zero-order chi connectivity index (χ0) is 9.68. The van der Waals surface area contributed by atoms with Gasteiger partial charge in [-0.3, -0.25) is 20.4 Å². The summed E-state index contributed by atoms with van der Waals surface area (Å²) in [5, 5.41) is 0. The minimum atomic E-state index is -0.690. The Morgan fingerprint density at radius 2 is 2.08 bits per heavy atom. The van der Waals surface area contributed by atoms with Gasteiger partial charge in [0.15, 0.2) is 0 Å². The Kier molecular flexibility index (Phi) is 2.97. The number of hydrazine groups is 1. The van der Waals surface area contributed by atoms with Crippen LogP contribution in [0.4, 0.5) is 4.39 Å². The van der Waals surface area contributed by atoms with E-state index in [1.807, 2.05) is 10.9 Å². The van der Waals surface area contributed by atoms with Crippen LogP contribution in [0, 0.1) is 5.82 Å². The lowest BCUT2D eigenvalue weighted by Crippen LogP contribution is -2.36. The molecule has 0 unspecified atom stereocenters. The van der Waals surface area contributed by atoms with E-state index < -0.39 is 11.7 Å². The summed E-state index contributed by atoms with van der Waals surface area (Å²) in [5.74, 6) is -1.32. The van der Waals surface area contributed by atoms with Crippen molar-refractivity contribution in [1.82, 2.24) is 10.9 Å². The van der Waals surface area contributed by atoms with Gasteiger partial charge in [0.25, 0.3) is 5.91 Å². The fourth-order valence-corrected chi connectivity index (χ4v) is 0.808. The molecule has 0 aliphatic rings. The smallest absolute Gasteiger partial charge is 0.272 e. The third-order valence-electron chi connectivity index (χ3n) is 1.36. The monoisotopic (exact) mass is 182 g/mol. The lowest BCUT2D eigenvalue weighted by molar-refractivity contribution is -0.110. The van der Waals surface area contributed by atoms with Gasteiger partial charge in [0, 0.05) is 0 Å². The summed E-state index contributed by atoms with van der Waals surface area (Å²) >= 11 is 0. The number of nitrogens with one attached hydrogen (secondary N) is 2. The molecule has 2 N–H and O–H groups in total. The van der Waals surface area contributed by atoms with Crippen molar-refractivity contribution in [2.75, 3.05) is 0 Å². The zero-order valence-corrected chi connectivity index (χ0v) is 6.58. The van der Waals surface area contributed by atoms with Crippen molar-refractivity contribution < 1.29 is 14.0 Å². The summed E-state index contributed by atoms with van der Waals surface area (Å²) in [5.41, 5.74) is 3.81. The molecule has 1 aromatic carbocycles. The van der Waals surface area contributed by atoms with Gasteiger partial charge < -0.3 is 0 Å². The first-order valence-electron chi connectivity index (χ1n) is 3.49. The lowest BCUT2D eigenvalue weighted by atomic mass is 10.2. The van der Waals surface area contributed by atoms with E-state index >= 15 is 0 Å². The molecule has 0 spiro atoms. The van der Waals surface area contributed by atoms with Crippen LogP contribution in [0.25, 0.3) is 0 Å². The maximum absolute atomic E-state index is 12.9. The Balaban J connectivity index is 2.76. The van der Waals surface area contributed by atoms with Gasteiger partial charge in [-0.05, 0) is 12.1 Å². The van der Waals surface area contributed by atoms with E-state index in [4.69, 9.17) is 0 Å². The normalized spacial score (nSPS) is 9.00. The molecular weight excluding hydrogens is 175 g/mol. The largest absolute Gasteiger partial charge is 0.277 e. The number of carbonyl (C=O) groups excluding carboxylic acids is 2. The topological polar surface area (TPSA) is 58.2 Å². The Morgan fingerprint density at radius 1 is 1.38 bits per heavy atom. The number of amides is 2. The number of hydrogen-bond acceptors (Lipinski definition) is 2. The summed E-state index contributed by atoms with van der Waals surface area (Å²) in [6.45, 7) is 0. The summed E-state index contributed by atoms with van der Waals surface area (Å²) in [6.07, 6.45) is 0.290. The Bertz CT molecular complexity index is 328. The predicted octanol–water partition coefficient (Wildman–Crippen LogP) is 0.216. The fourth-order valence-electron chi connectivity index (χ4n) is 0.808. The molecule has 0 aromatic heterocycles. The average Bonchev–Trinajstić information content (AvgIpc) is 2.15. The van der Waals surface area contributed by atoms with Gasteiger partial charge in [0.1, 0.15) is 5.82 Å². The highest BCUT2D eigenvalue weighted by atomic mass is 19.1. The third kappa shape index (κ3) is 2.26. The van der Waals surface area contributed by atoms with E-state index in [2.05, 4.69) is 0 Å². The molecule has 68 valence electrons. The molecule has 1 aromatic rings. The highest BCUT2D eigenvalue weighted by Crippen LogP contribution is 2.04. The highest BCUT2D eigenvalue weighted by molar-refractivity contribution is 5.94. The summed E-state index contributed by atoms with van der Waals surface area (Å²) in [7, 11) is 0. The second kappa shape index (κ2) is 4.20. The first-order valence-corrected chi connectivity index (χ1v) is 3.49. The minimum absolute atomic E-state index is 0.114. The van der Waals surface area contributed by atoms with E-state index in [1.165, 1.54) is 18.2 Å². The van der Waals surface area contributed by atoms with Crippen LogP contribution < -0.4 is 10.9 Å². The van der Waals surface area contributed by atoms with E-state index in [0.717, 1.165) is 6.07 Å². The van der Waals surface area contributed by atoms with Gasteiger partial charge in [-0.2, -0.15) is 0 Å². The van der Waals surface area contributed by atoms with Crippen LogP contribution in [0.2, 0.25) is 0 Å². The minimum Gasteiger partial charge on any atom is -0.277 e. The standard InChI is InChI=1S/C8H7FN2O2/c9-7-4-2-1-3-6(7)8(13)11-10-5-12/h1-5H,(H,10,12)(H,11,13). The van der Waals surface area contributed by atoms with Crippen LogP contribution in [0.3, 0.4) is 0 Å². The molecular formula is C8H7FN2O2.